The molecule has 1 saturated carbocycles. The predicted molar refractivity (Wildman–Crippen MR) is 134 cm³/mol. The van der Waals surface area contributed by atoms with E-state index in [0.717, 1.165) is 49.0 Å². The fourth-order valence-corrected chi connectivity index (χ4v) is 4.99. The van der Waals surface area contributed by atoms with Crippen molar-refractivity contribution < 1.29 is 24.3 Å². The standard InChI is InChI=1S/C25H32N4O5S/c30-21(28-19(15-23(31)32)18-9-5-2-6-10-18)13-14-26-24(33)20-11-12-22(35-20)29-25(34)27-16-17-7-3-1-4-8-17/h1,3-4,7-8,11-12,18-19H,2,5-6,9-10,13-16H2,(H,26,33)(H,28,30)(H,31,32)(H2,27,29,34). The van der Waals surface area contributed by atoms with E-state index in [1.165, 1.54) is 0 Å². The Labute approximate surface area is 208 Å². The van der Waals surface area contributed by atoms with Gasteiger partial charge in [0.2, 0.25) is 5.91 Å². The van der Waals surface area contributed by atoms with E-state index in [0.29, 0.717) is 16.4 Å². The summed E-state index contributed by atoms with van der Waals surface area (Å²) in [5.74, 6) is -1.36. The summed E-state index contributed by atoms with van der Waals surface area (Å²) in [7, 11) is 0. The number of anilines is 1. The van der Waals surface area contributed by atoms with Gasteiger partial charge in [-0.15, -0.1) is 11.3 Å². The number of urea groups is 1. The highest BCUT2D eigenvalue weighted by molar-refractivity contribution is 7.18. The number of rotatable bonds is 11. The van der Waals surface area contributed by atoms with Gasteiger partial charge in [-0.3, -0.25) is 19.7 Å². The molecule has 188 valence electrons. The first-order valence-electron chi connectivity index (χ1n) is 11.9. The summed E-state index contributed by atoms with van der Waals surface area (Å²) < 4.78 is 0. The molecule has 9 nitrogen and oxygen atoms in total. The first-order valence-corrected chi connectivity index (χ1v) is 12.7. The highest BCUT2D eigenvalue weighted by atomic mass is 32.1. The molecule has 0 radical (unpaired) electrons. The Kier molecular flexibility index (Phi) is 10.1. The summed E-state index contributed by atoms with van der Waals surface area (Å²) in [5, 5.41) is 20.8. The van der Waals surface area contributed by atoms with E-state index in [4.69, 9.17) is 0 Å². The molecule has 10 heteroatoms. The van der Waals surface area contributed by atoms with Crippen LogP contribution in [0.3, 0.4) is 0 Å². The fraction of sp³-hybridized carbons (Fsp3) is 0.440. The lowest BCUT2D eigenvalue weighted by Gasteiger charge is -2.30. The molecule has 1 fully saturated rings. The van der Waals surface area contributed by atoms with E-state index in [9.17, 15) is 24.3 Å². The Hall–Kier alpha value is -3.40. The minimum absolute atomic E-state index is 0.0625. The average Bonchev–Trinajstić information content (AvgIpc) is 3.32. The number of hydrogen-bond acceptors (Lipinski definition) is 5. The molecule has 1 atom stereocenters. The molecule has 0 bridgehead atoms. The maximum absolute atomic E-state index is 12.4. The average molecular weight is 501 g/mol. The number of carbonyl (C=O) groups excluding carboxylic acids is 3. The van der Waals surface area contributed by atoms with E-state index in [1.54, 1.807) is 12.1 Å². The zero-order valence-corrected chi connectivity index (χ0v) is 20.4. The van der Waals surface area contributed by atoms with Gasteiger partial charge in [-0.05, 0) is 36.5 Å². The van der Waals surface area contributed by atoms with E-state index >= 15 is 0 Å². The smallest absolute Gasteiger partial charge is 0.320 e. The van der Waals surface area contributed by atoms with Crippen molar-refractivity contribution in [3.63, 3.8) is 0 Å². The quantitative estimate of drug-likeness (QED) is 0.320. The number of carboxylic acid groups (broad SMARTS) is 1. The summed E-state index contributed by atoms with van der Waals surface area (Å²) in [6, 6.07) is 12.0. The van der Waals surface area contributed by atoms with Crippen LogP contribution in [0, 0.1) is 5.92 Å². The number of benzene rings is 1. The minimum Gasteiger partial charge on any atom is -0.481 e. The number of amides is 4. The molecule has 1 aromatic carbocycles. The normalized spacial score (nSPS) is 14.5. The lowest BCUT2D eigenvalue weighted by atomic mass is 9.82. The molecule has 2 aromatic rings. The number of thiophene rings is 1. The summed E-state index contributed by atoms with van der Waals surface area (Å²) in [6.07, 6.45) is 5.08. The van der Waals surface area contributed by atoms with Crippen LogP contribution in [0.15, 0.2) is 42.5 Å². The van der Waals surface area contributed by atoms with E-state index < -0.39 is 5.97 Å². The lowest BCUT2D eigenvalue weighted by Crippen LogP contribution is -2.43. The Bertz CT molecular complexity index is 1000. The third-order valence-electron chi connectivity index (χ3n) is 5.96. The van der Waals surface area contributed by atoms with Gasteiger partial charge < -0.3 is 21.1 Å². The maximum atomic E-state index is 12.4. The molecular weight excluding hydrogens is 468 g/mol. The second-order valence-corrected chi connectivity index (χ2v) is 9.72. The van der Waals surface area contributed by atoms with Gasteiger partial charge in [0.15, 0.2) is 0 Å². The van der Waals surface area contributed by atoms with Crippen molar-refractivity contribution in [2.24, 2.45) is 5.92 Å². The summed E-state index contributed by atoms with van der Waals surface area (Å²) in [6.45, 7) is 0.523. The Balaban J connectivity index is 1.39. The molecule has 1 aromatic heterocycles. The molecule has 0 saturated heterocycles. The van der Waals surface area contributed by atoms with E-state index in [-0.39, 0.29) is 49.2 Å². The molecule has 0 aliphatic heterocycles. The summed E-state index contributed by atoms with van der Waals surface area (Å²) in [5.41, 5.74) is 0.978. The first-order chi connectivity index (χ1) is 16.9. The van der Waals surface area contributed by atoms with Crippen molar-refractivity contribution in [2.75, 3.05) is 11.9 Å². The monoisotopic (exact) mass is 500 g/mol. The predicted octanol–water partition coefficient (Wildman–Crippen LogP) is 3.73. The largest absolute Gasteiger partial charge is 0.481 e. The van der Waals surface area contributed by atoms with Crippen LogP contribution in [-0.4, -0.2) is 41.5 Å². The fourth-order valence-electron chi connectivity index (χ4n) is 4.18. The number of carbonyl (C=O) groups is 4. The number of hydrogen-bond donors (Lipinski definition) is 5. The molecule has 1 aliphatic rings. The van der Waals surface area contributed by atoms with Crippen LogP contribution >= 0.6 is 11.3 Å². The second-order valence-electron chi connectivity index (χ2n) is 8.63. The molecule has 0 spiro atoms. The SMILES string of the molecule is O=C(O)CC(NC(=O)CCNC(=O)c1ccc(NC(=O)NCc2ccccc2)s1)C1CCCCC1. The number of carboxylic acids is 1. The topological polar surface area (TPSA) is 137 Å². The molecule has 4 amide bonds. The lowest BCUT2D eigenvalue weighted by molar-refractivity contribution is -0.138. The van der Waals surface area contributed by atoms with Gasteiger partial charge in [0.1, 0.15) is 0 Å². The zero-order valence-electron chi connectivity index (χ0n) is 19.5. The molecular formula is C25H32N4O5S. The van der Waals surface area contributed by atoms with Crippen molar-refractivity contribution in [1.29, 1.82) is 0 Å². The molecule has 35 heavy (non-hydrogen) atoms. The van der Waals surface area contributed by atoms with Crippen molar-refractivity contribution in [3.05, 3.63) is 52.9 Å². The van der Waals surface area contributed by atoms with Gasteiger partial charge in [0.25, 0.3) is 5.91 Å². The third kappa shape index (κ3) is 9.05. The van der Waals surface area contributed by atoms with Crippen LogP contribution in [-0.2, 0) is 16.1 Å². The van der Waals surface area contributed by atoms with Gasteiger partial charge in [-0.2, -0.15) is 0 Å². The second kappa shape index (κ2) is 13.5. The van der Waals surface area contributed by atoms with Gasteiger partial charge in [0, 0.05) is 25.6 Å². The molecule has 1 aliphatic carbocycles. The van der Waals surface area contributed by atoms with Crippen LogP contribution in [0.4, 0.5) is 9.80 Å². The number of nitrogens with one attached hydrogen (secondary N) is 4. The van der Waals surface area contributed by atoms with Crippen LogP contribution in [0.25, 0.3) is 0 Å². The number of aliphatic carboxylic acids is 1. The van der Waals surface area contributed by atoms with Crippen LogP contribution < -0.4 is 21.3 Å². The van der Waals surface area contributed by atoms with Crippen molar-refractivity contribution in [3.8, 4) is 0 Å². The Morgan fingerprint density at radius 2 is 1.71 bits per heavy atom. The minimum atomic E-state index is -0.926. The molecule has 3 rings (SSSR count). The van der Waals surface area contributed by atoms with Crippen LogP contribution in [0.5, 0.6) is 0 Å². The van der Waals surface area contributed by atoms with Crippen molar-refractivity contribution in [2.45, 2.75) is 57.5 Å². The highest BCUT2D eigenvalue weighted by Gasteiger charge is 2.27. The zero-order chi connectivity index (χ0) is 25.0. The molecule has 1 unspecified atom stereocenters. The van der Waals surface area contributed by atoms with E-state index in [2.05, 4.69) is 21.3 Å². The highest BCUT2D eigenvalue weighted by Crippen LogP contribution is 2.28. The van der Waals surface area contributed by atoms with Crippen LogP contribution in [0.1, 0.15) is 60.2 Å². The first kappa shape index (κ1) is 26.2. The summed E-state index contributed by atoms with van der Waals surface area (Å²) >= 11 is 1.14. The van der Waals surface area contributed by atoms with Gasteiger partial charge in [-0.25, -0.2) is 4.79 Å². The Morgan fingerprint density at radius 3 is 2.43 bits per heavy atom. The van der Waals surface area contributed by atoms with Crippen molar-refractivity contribution in [1.82, 2.24) is 16.0 Å². The van der Waals surface area contributed by atoms with Gasteiger partial charge >= 0.3 is 12.0 Å². The maximum Gasteiger partial charge on any atom is 0.320 e. The Morgan fingerprint density at radius 1 is 0.971 bits per heavy atom. The summed E-state index contributed by atoms with van der Waals surface area (Å²) in [4.78, 5) is 48.5. The van der Waals surface area contributed by atoms with Crippen LogP contribution in [0.2, 0.25) is 0 Å². The van der Waals surface area contributed by atoms with Gasteiger partial charge in [0.05, 0.1) is 16.3 Å². The van der Waals surface area contributed by atoms with E-state index in [1.807, 2.05) is 30.3 Å². The van der Waals surface area contributed by atoms with Gasteiger partial charge in [-0.1, -0.05) is 49.6 Å². The molecule has 5 N–H and O–H groups in total. The third-order valence-corrected chi connectivity index (χ3v) is 6.96. The van der Waals surface area contributed by atoms with Crippen molar-refractivity contribution >= 4 is 40.2 Å². The molecule has 1 heterocycles.